The van der Waals surface area contributed by atoms with E-state index in [2.05, 4.69) is 16.0 Å². The van der Waals surface area contributed by atoms with E-state index in [1.807, 2.05) is 30.3 Å². The topological polar surface area (TPSA) is 79.5 Å². The monoisotopic (exact) mass is 341 g/mol. The quantitative estimate of drug-likeness (QED) is 0.708. The van der Waals surface area contributed by atoms with E-state index < -0.39 is 6.04 Å². The van der Waals surface area contributed by atoms with Crippen molar-refractivity contribution in [3.63, 3.8) is 0 Å². The van der Waals surface area contributed by atoms with Crippen LogP contribution in [0.3, 0.4) is 0 Å². The van der Waals surface area contributed by atoms with Crippen molar-refractivity contribution in [2.45, 2.75) is 32.0 Å². The van der Waals surface area contributed by atoms with Crippen molar-refractivity contribution in [3.05, 3.63) is 35.9 Å². The predicted molar refractivity (Wildman–Crippen MR) is 90.4 cm³/mol. The van der Waals surface area contributed by atoms with E-state index in [1.165, 1.54) is 0 Å². The van der Waals surface area contributed by atoms with Gasteiger partial charge in [0.05, 0.1) is 13.2 Å². The lowest BCUT2D eigenvalue weighted by Crippen LogP contribution is -2.48. The zero-order valence-electron chi connectivity index (χ0n) is 13.2. The highest BCUT2D eigenvalue weighted by Gasteiger charge is 2.20. The summed E-state index contributed by atoms with van der Waals surface area (Å²) in [6.07, 6.45) is 0.316. The van der Waals surface area contributed by atoms with Crippen LogP contribution in [-0.4, -0.2) is 43.7 Å². The number of hydrogen-bond acceptors (Lipinski definition) is 4. The minimum Gasteiger partial charge on any atom is -0.378 e. The van der Waals surface area contributed by atoms with Crippen molar-refractivity contribution in [1.29, 1.82) is 0 Å². The van der Waals surface area contributed by atoms with Gasteiger partial charge < -0.3 is 20.7 Å². The van der Waals surface area contributed by atoms with Gasteiger partial charge in [0, 0.05) is 25.6 Å². The third-order valence-corrected chi connectivity index (χ3v) is 3.51. The average Bonchev–Trinajstić information content (AvgIpc) is 2.54. The van der Waals surface area contributed by atoms with E-state index >= 15 is 0 Å². The van der Waals surface area contributed by atoms with Crippen molar-refractivity contribution in [2.24, 2.45) is 0 Å². The second-order valence-electron chi connectivity index (χ2n) is 5.42. The van der Waals surface area contributed by atoms with Gasteiger partial charge in [-0.05, 0) is 12.5 Å². The Morgan fingerprint density at radius 1 is 1.35 bits per heavy atom. The van der Waals surface area contributed by atoms with Crippen molar-refractivity contribution < 1.29 is 14.3 Å². The molecule has 6 nitrogen and oxygen atoms in total. The van der Waals surface area contributed by atoms with E-state index in [1.54, 1.807) is 6.92 Å². The fourth-order valence-electron chi connectivity index (χ4n) is 2.28. The summed E-state index contributed by atoms with van der Waals surface area (Å²) >= 11 is 0. The van der Waals surface area contributed by atoms with Gasteiger partial charge in [0.1, 0.15) is 6.04 Å². The van der Waals surface area contributed by atoms with Crippen LogP contribution in [0, 0.1) is 0 Å². The minimum absolute atomic E-state index is 0. The SMILES string of the molecule is CC(NC(=O)CC1COCCN1)C(=O)NCc1ccccc1.Cl. The Labute approximate surface area is 142 Å². The second-order valence-corrected chi connectivity index (χ2v) is 5.42. The standard InChI is InChI=1S/C16H23N3O3.ClH/c1-12(16(21)18-10-13-5-3-2-4-6-13)19-15(20)9-14-11-22-8-7-17-14;/h2-6,12,14,17H,7-11H2,1H3,(H,18,21)(H,19,20);1H. The normalized spacial score (nSPS) is 18.4. The molecule has 2 rings (SSSR count). The predicted octanol–water partition coefficient (Wildman–Crippen LogP) is 0.608. The summed E-state index contributed by atoms with van der Waals surface area (Å²) in [6.45, 7) is 4.10. The van der Waals surface area contributed by atoms with Gasteiger partial charge in [-0.3, -0.25) is 9.59 Å². The lowest BCUT2D eigenvalue weighted by Gasteiger charge is -2.24. The Hall–Kier alpha value is -1.63. The van der Waals surface area contributed by atoms with Crippen LogP contribution < -0.4 is 16.0 Å². The van der Waals surface area contributed by atoms with Gasteiger partial charge in [-0.1, -0.05) is 30.3 Å². The van der Waals surface area contributed by atoms with Crippen molar-refractivity contribution in [1.82, 2.24) is 16.0 Å². The molecule has 2 unspecified atom stereocenters. The Morgan fingerprint density at radius 2 is 2.09 bits per heavy atom. The molecule has 0 aliphatic carbocycles. The second kappa shape index (κ2) is 10.2. The third-order valence-electron chi connectivity index (χ3n) is 3.51. The number of carbonyl (C=O) groups is 2. The van der Waals surface area contributed by atoms with Crippen molar-refractivity contribution in [3.8, 4) is 0 Å². The number of ether oxygens (including phenoxy) is 1. The molecule has 1 saturated heterocycles. The molecule has 0 bridgehead atoms. The summed E-state index contributed by atoms with van der Waals surface area (Å²) < 4.78 is 5.30. The van der Waals surface area contributed by atoms with Gasteiger partial charge in [0.25, 0.3) is 0 Å². The summed E-state index contributed by atoms with van der Waals surface area (Å²) in [4.78, 5) is 23.9. The molecule has 0 aromatic heterocycles. The maximum Gasteiger partial charge on any atom is 0.242 e. The maximum absolute atomic E-state index is 12.0. The molecular weight excluding hydrogens is 318 g/mol. The number of morpholine rings is 1. The zero-order valence-corrected chi connectivity index (χ0v) is 14.0. The number of benzene rings is 1. The lowest BCUT2D eigenvalue weighted by molar-refractivity contribution is -0.129. The minimum atomic E-state index is -0.555. The highest BCUT2D eigenvalue weighted by molar-refractivity contribution is 5.87. The summed E-state index contributed by atoms with van der Waals surface area (Å²) in [5.41, 5.74) is 1.03. The number of hydrogen-bond donors (Lipinski definition) is 3. The molecule has 3 N–H and O–H groups in total. The van der Waals surface area contributed by atoms with Gasteiger partial charge in [0.2, 0.25) is 11.8 Å². The summed E-state index contributed by atoms with van der Waals surface area (Å²) in [5.74, 6) is -0.338. The number of amides is 2. The lowest BCUT2D eigenvalue weighted by atomic mass is 10.1. The zero-order chi connectivity index (χ0) is 15.8. The highest BCUT2D eigenvalue weighted by atomic mass is 35.5. The number of halogens is 1. The van der Waals surface area contributed by atoms with Crippen LogP contribution in [-0.2, 0) is 20.9 Å². The molecule has 1 aliphatic heterocycles. The van der Waals surface area contributed by atoms with Crippen LogP contribution in [0.2, 0.25) is 0 Å². The number of rotatable bonds is 6. The van der Waals surface area contributed by atoms with Crippen LogP contribution in [0.5, 0.6) is 0 Å². The third kappa shape index (κ3) is 6.99. The van der Waals surface area contributed by atoms with Crippen molar-refractivity contribution in [2.75, 3.05) is 19.8 Å². The Balaban J connectivity index is 0.00000264. The molecule has 1 heterocycles. The molecule has 1 aromatic carbocycles. The molecule has 0 saturated carbocycles. The smallest absolute Gasteiger partial charge is 0.242 e. The van der Waals surface area contributed by atoms with E-state index in [-0.39, 0.29) is 30.3 Å². The Bertz CT molecular complexity index is 493. The molecule has 0 spiro atoms. The fourth-order valence-corrected chi connectivity index (χ4v) is 2.28. The number of nitrogens with one attached hydrogen (secondary N) is 3. The highest BCUT2D eigenvalue weighted by Crippen LogP contribution is 2.00. The van der Waals surface area contributed by atoms with Gasteiger partial charge >= 0.3 is 0 Å². The summed E-state index contributed by atoms with van der Waals surface area (Å²) in [7, 11) is 0. The fraction of sp³-hybridized carbons (Fsp3) is 0.500. The van der Waals surface area contributed by atoms with E-state index in [0.717, 1.165) is 12.1 Å². The molecule has 1 aromatic rings. The molecule has 0 radical (unpaired) electrons. The Kier molecular flexibility index (Phi) is 8.61. The number of carbonyl (C=O) groups excluding carboxylic acids is 2. The molecule has 1 fully saturated rings. The van der Waals surface area contributed by atoms with E-state index in [0.29, 0.717) is 26.2 Å². The van der Waals surface area contributed by atoms with Crippen LogP contribution in [0.15, 0.2) is 30.3 Å². The molecule has 7 heteroatoms. The van der Waals surface area contributed by atoms with E-state index in [9.17, 15) is 9.59 Å². The summed E-state index contributed by atoms with van der Waals surface area (Å²) in [5, 5.41) is 8.74. The molecule has 2 amide bonds. The van der Waals surface area contributed by atoms with Crippen LogP contribution in [0.25, 0.3) is 0 Å². The van der Waals surface area contributed by atoms with Gasteiger partial charge in [-0.25, -0.2) is 0 Å². The average molecular weight is 342 g/mol. The van der Waals surface area contributed by atoms with Crippen molar-refractivity contribution >= 4 is 24.2 Å². The maximum atomic E-state index is 12.0. The van der Waals surface area contributed by atoms with Gasteiger partial charge in [-0.15, -0.1) is 12.4 Å². The molecular formula is C16H24ClN3O3. The molecule has 23 heavy (non-hydrogen) atoms. The van der Waals surface area contributed by atoms with E-state index in [4.69, 9.17) is 4.74 Å². The first-order valence-electron chi connectivity index (χ1n) is 7.57. The largest absolute Gasteiger partial charge is 0.378 e. The first-order chi connectivity index (χ1) is 10.6. The first-order valence-corrected chi connectivity index (χ1v) is 7.57. The van der Waals surface area contributed by atoms with Gasteiger partial charge in [-0.2, -0.15) is 0 Å². The van der Waals surface area contributed by atoms with Crippen LogP contribution in [0.1, 0.15) is 18.9 Å². The van der Waals surface area contributed by atoms with Crippen LogP contribution in [0.4, 0.5) is 0 Å². The molecule has 2 atom stereocenters. The first kappa shape index (κ1) is 19.4. The van der Waals surface area contributed by atoms with Gasteiger partial charge in [0.15, 0.2) is 0 Å². The Morgan fingerprint density at radius 3 is 2.74 bits per heavy atom. The summed E-state index contributed by atoms with van der Waals surface area (Å²) in [6, 6.07) is 9.13. The van der Waals surface area contributed by atoms with Crippen LogP contribution >= 0.6 is 12.4 Å². The molecule has 128 valence electrons. The molecule has 1 aliphatic rings.